The molecule has 0 aliphatic heterocycles. The number of ether oxygens (including phenoxy) is 1. The zero-order chi connectivity index (χ0) is 13.8. The third kappa shape index (κ3) is 4.62. The molecule has 0 atom stereocenters. The molecule has 0 spiro atoms. The Balaban J connectivity index is 3.01. The Bertz CT molecular complexity index is 477. The number of urea groups is 1. The molecule has 0 radical (unpaired) electrons. The number of carbonyl (C=O) groups excluding carboxylic acids is 1. The van der Waals surface area contributed by atoms with Crippen LogP contribution in [-0.2, 0) is 0 Å². The number of hydrazone groups is 1. The second-order valence-corrected chi connectivity index (χ2v) is 3.79. The SMILES string of the molecule is NC(=O)NN=Cc1c(Br)cccc1OC(F)(F)F. The number of benzene rings is 1. The summed E-state index contributed by atoms with van der Waals surface area (Å²) in [5, 5.41) is 3.37. The van der Waals surface area contributed by atoms with Crippen molar-refractivity contribution in [2.24, 2.45) is 10.8 Å². The fourth-order valence-electron chi connectivity index (χ4n) is 1.02. The summed E-state index contributed by atoms with van der Waals surface area (Å²) in [6, 6.07) is 3.04. The lowest BCUT2D eigenvalue weighted by Gasteiger charge is -2.11. The van der Waals surface area contributed by atoms with Crippen molar-refractivity contribution in [3.8, 4) is 5.75 Å². The maximum Gasteiger partial charge on any atom is 0.573 e. The highest BCUT2D eigenvalue weighted by molar-refractivity contribution is 9.10. The molecule has 0 aliphatic carbocycles. The van der Waals surface area contributed by atoms with Crippen LogP contribution in [0.15, 0.2) is 27.8 Å². The molecule has 0 aliphatic rings. The minimum Gasteiger partial charge on any atom is -0.405 e. The van der Waals surface area contributed by atoms with E-state index in [9.17, 15) is 18.0 Å². The molecule has 1 aromatic carbocycles. The summed E-state index contributed by atoms with van der Waals surface area (Å²) in [5.41, 5.74) is 6.63. The predicted molar refractivity (Wildman–Crippen MR) is 61.1 cm³/mol. The number of amides is 2. The van der Waals surface area contributed by atoms with Gasteiger partial charge in [0.2, 0.25) is 0 Å². The molecule has 9 heteroatoms. The van der Waals surface area contributed by atoms with Gasteiger partial charge in [-0.2, -0.15) is 5.10 Å². The smallest absolute Gasteiger partial charge is 0.405 e. The highest BCUT2D eigenvalue weighted by Gasteiger charge is 2.32. The first kappa shape index (κ1) is 14.3. The van der Waals surface area contributed by atoms with Gasteiger partial charge in [-0.3, -0.25) is 0 Å². The van der Waals surface area contributed by atoms with Crippen molar-refractivity contribution in [2.45, 2.75) is 6.36 Å². The van der Waals surface area contributed by atoms with E-state index in [0.717, 1.165) is 12.3 Å². The van der Waals surface area contributed by atoms with Crippen molar-refractivity contribution < 1.29 is 22.7 Å². The van der Waals surface area contributed by atoms with Crippen molar-refractivity contribution >= 4 is 28.2 Å². The van der Waals surface area contributed by atoms with E-state index in [0.29, 0.717) is 4.47 Å². The zero-order valence-electron chi connectivity index (χ0n) is 8.66. The van der Waals surface area contributed by atoms with E-state index in [1.165, 1.54) is 12.1 Å². The molecule has 5 nitrogen and oxygen atoms in total. The number of alkyl halides is 3. The number of hydrogen-bond acceptors (Lipinski definition) is 3. The Hall–Kier alpha value is -1.77. The molecule has 98 valence electrons. The van der Waals surface area contributed by atoms with Gasteiger partial charge in [0.25, 0.3) is 0 Å². The maximum atomic E-state index is 12.1. The number of carbonyl (C=O) groups is 1. The molecule has 0 aromatic heterocycles. The molecule has 18 heavy (non-hydrogen) atoms. The van der Waals surface area contributed by atoms with Crippen LogP contribution in [-0.4, -0.2) is 18.6 Å². The van der Waals surface area contributed by atoms with Crippen molar-refractivity contribution in [1.82, 2.24) is 5.43 Å². The van der Waals surface area contributed by atoms with Gasteiger partial charge in [-0.15, -0.1) is 13.2 Å². The van der Waals surface area contributed by atoms with Crippen LogP contribution >= 0.6 is 15.9 Å². The molecule has 0 saturated heterocycles. The van der Waals surface area contributed by atoms with Gasteiger partial charge in [0, 0.05) is 4.47 Å². The fraction of sp³-hybridized carbons (Fsp3) is 0.111. The van der Waals surface area contributed by atoms with Gasteiger partial charge in [0.15, 0.2) is 0 Å². The Morgan fingerprint density at radius 3 is 2.72 bits per heavy atom. The molecule has 0 unspecified atom stereocenters. The highest BCUT2D eigenvalue weighted by atomic mass is 79.9. The van der Waals surface area contributed by atoms with Gasteiger partial charge < -0.3 is 10.5 Å². The Morgan fingerprint density at radius 2 is 2.17 bits per heavy atom. The summed E-state index contributed by atoms with van der Waals surface area (Å²) >= 11 is 3.04. The summed E-state index contributed by atoms with van der Waals surface area (Å²) in [5.74, 6) is -0.452. The van der Waals surface area contributed by atoms with E-state index < -0.39 is 18.1 Å². The first-order chi connectivity index (χ1) is 8.29. The standard InChI is InChI=1S/C9H7BrF3N3O2/c10-6-2-1-3-7(18-9(11,12)13)5(6)4-15-16-8(14)17/h1-4H,(H3,14,16,17). The van der Waals surface area contributed by atoms with E-state index in [2.05, 4.69) is 25.8 Å². The lowest BCUT2D eigenvalue weighted by atomic mass is 10.2. The Labute approximate surface area is 108 Å². The minimum absolute atomic E-state index is 0.0172. The second-order valence-electron chi connectivity index (χ2n) is 2.93. The van der Waals surface area contributed by atoms with Crippen LogP contribution < -0.4 is 15.9 Å². The van der Waals surface area contributed by atoms with Crippen molar-refractivity contribution in [3.05, 3.63) is 28.2 Å². The average Bonchev–Trinajstić information content (AvgIpc) is 2.19. The molecule has 1 rings (SSSR count). The van der Waals surface area contributed by atoms with E-state index in [1.807, 2.05) is 5.43 Å². The largest absolute Gasteiger partial charge is 0.573 e. The Morgan fingerprint density at radius 1 is 1.50 bits per heavy atom. The average molecular weight is 326 g/mol. The van der Waals surface area contributed by atoms with E-state index in [4.69, 9.17) is 5.73 Å². The van der Waals surface area contributed by atoms with Crippen molar-refractivity contribution in [1.29, 1.82) is 0 Å². The van der Waals surface area contributed by atoms with Crippen LogP contribution in [0.4, 0.5) is 18.0 Å². The van der Waals surface area contributed by atoms with Gasteiger partial charge in [-0.05, 0) is 28.1 Å². The molecule has 0 fully saturated rings. The number of primary amides is 1. The molecule has 1 aromatic rings. The number of rotatable bonds is 3. The molecular weight excluding hydrogens is 319 g/mol. The van der Waals surface area contributed by atoms with Crippen LogP contribution in [0, 0.1) is 0 Å². The number of nitrogens with one attached hydrogen (secondary N) is 1. The topological polar surface area (TPSA) is 76.7 Å². The van der Waals surface area contributed by atoms with E-state index >= 15 is 0 Å². The lowest BCUT2D eigenvalue weighted by molar-refractivity contribution is -0.274. The van der Waals surface area contributed by atoms with Crippen LogP contribution in [0.25, 0.3) is 0 Å². The molecule has 0 saturated carbocycles. The molecule has 3 N–H and O–H groups in total. The first-order valence-corrected chi connectivity index (χ1v) is 5.21. The van der Waals surface area contributed by atoms with E-state index in [1.54, 1.807) is 0 Å². The first-order valence-electron chi connectivity index (χ1n) is 4.42. The van der Waals surface area contributed by atoms with Gasteiger partial charge >= 0.3 is 12.4 Å². The predicted octanol–water partition coefficient (Wildman–Crippen LogP) is 2.35. The molecule has 2 amide bonds. The van der Waals surface area contributed by atoms with Crippen LogP contribution in [0.2, 0.25) is 0 Å². The lowest BCUT2D eigenvalue weighted by Crippen LogP contribution is -2.24. The van der Waals surface area contributed by atoms with Gasteiger partial charge in [0.05, 0.1) is 11.8 Å². The third-order valence-corrected chi connectivity index (χ3v) is 2.30. The van der Waals surface area contributed by atoms with Crippen molar-refractivity contribution in [3.63, 3.8) is 0 Å². The van der Waals surface area contributed by atoms with Gasteiger partial charge in [-0.1, -0.05) is 6.07 Å². The number of halogens is 4. The van der Waals surface area contributed by atoms with Gasteiger partial charge in [0.1, 0.15) is 5.75 Å². The maximum absolute atomic E-state index is 12.1. The zero-order valence-corrected chi connectivity index (χ0v) is 10.2. The van der Waals surface area contributed by atoms with E-state index in [-0.39, 0.29) is 5.56 Å². The molecule has 0 heterocycles. The number of nitrogens with zero attached hydrogens (tertiary/aromatic N) is 1. The summed E-state index contributed by atoms with van der Waals surface area (Å²) < 4.78 is 40.5. The summed E-state index contributed by atoms with van der Waals surface area (Å²) in [6.07, 6.45) is -3.84. The summed E-state index contributed by atoms with van der Waals surface area (Å²) in [7, 11) is 0. The number of hydrogen-bond donors (Lipinski definition) is 2. The Kier molecular flexibility index (Phi) is 4.54. The van der Waals surface area contributed by atoms with Gasteiger partial charge in [-0.25, -0.2) is 10.2 Å². The quantitative estimate of drug-likeness (QED) is 0.661. The summed E-state index contributed by atoms with van der Waals surface area (Å²) in [4.78, 5) is 10.4. The molecular formula is C9H7BrF3N3O2. The number of nitrogens with two attached hydrogens (primary N) is 1. The second kappa shape index (κ2) is 5.71. The van der Waals surface area contributed by atoms with Crippen LogP contribution in [0.3, 0.4) is 0 Å². The van der Waals surface area contributed by atoms with Crippen LogP contribution in [0.1, 0.15) is 5.56 Å². The normalized spacial score (nSPS) is 11.6. The van der Waals surface area contributed by atoms with Crippen LogP contribution in [0.5, 0.6) is 5.75 Å². The van der Waals surface area contributed by atoms with Crippen molar-refractivity contribution in [2.75, 3.05) is 0 Å². The minimum atomic E-state index is -4.82. The monoisotopic (exact) mass is 325 g/mol. The summed E-state index contributed by atoms with van der Waals surface area (Å²) in [6.45, 7) is 0. The fourth-order valence-corrected chi connectivity index (χ4v) is 1.47. The molecule has 0 bridgehead atoms. The third-order valence-electron chi connectivity index (χ3n) is 1.61. The highest BCUT2D eigenvalue weighted by Crippen LogP contribution is 2.29.